The van der Waals surface area contributed by atoms with Gasteiger partial charge in [-0.15, -0.1) is 0 Å². The highest BCUT2D eigenvalue weighted by Gasteiger charge is 2.23. The Morgan fingerprint density at radius 2 is 1.72 bits per heavy atom. The highest BCUT2D eigenvalue weighted by molar-refractivity contribution is 7.92. The molecular weight excluding hydrogens is 246 g/mol. The summed E-state index contributed by atoms with van der Waals surface area (Å²) >= 11 is 0. The van der Waals surface area contributed by atoms with Crippen molar-refractivity contribution in [3.8, 4) is 6.07 Å². The van der Waals surface area contributed by atoms with E-state index in [0.29, 0.717) is 4.90 Å². The minimum absolute atomic E-state index is 0.000558. The molecule has 1 aromatic carbocycles. The van der Waals surface area contributed by atoms with Crippen molar-refractivity contribution in [2.75, 3.05) is 0 Å². The predicted molar refractivity (Wildman–Crippen MR) is 72.0 cm³/mol. The molecule has 0 radical (unpaired) electrons. The SMILES string of the molecule is CC(CC#N)S(=O)(=O)c1ccc(C(C)(C)C)cc1. The van der Waals surface area contributed by atoms with Gasteiger partial charge in [0.05, 0.1) is 22.6 Å². The van der Waals surface area contributed by atoms with Crippen molar-refractivity contribution in [1.82, 2.24) is 0 Å². The lowest BCUT2D eigenvalue weighted by Crippen LogP contribution is -2.18. The van der Waals surface area contributed by atoms with Gasteiger partial charge in [0.25, 0.3) is 0 Å². The van der Waals surface area contributed by atoms with Gasteiger partial charge in [-0.2, -0.15) is 5.26 Å². The van der Waals surface area contributed by atoms with Gasteiger partial charge in [0.15, 0.2) is 9.84 Å². The third-order valence-corrected chi connectivity index (χ3v) is 5.11. The molecule has 0 saturated heterocycles. The summed E-state index contributed by atoms with van der Waals surface area (Å²) in [5.41, 5.74) is 1.09. The van der Waals surface area contributed by atoms with Crippen LogP contribution in [-0.2, 0) is 15.3 Å². The summed E-state index contributed by atoms with van der Waals surface area (Å²) in [5, 5.41) is 7.92. The molecule has 0 spiro atoms. The van der Waals surface area contributed by atoms with Crippen LogP contribution in [0.5, 0.6) is 0 Å². The zero-order chi connectivity index (χ0) is 14.0. The molecule has 0 aromatic heterocycles. The van der Waals surface area contributed by atoms with Crippen molar-refractivity contribution < 1.29 is 8.42 Å². The average Bonchev–Trinajstić information content (AvgIpc) is 2.28. The smallest absolute Gasteiger partial charge is 0.181 e. The Hall–Kier alpha value is -1.34. The zero-order valence-corrected chi connectivity index (χ0v) is 12.1. The van der Waals surface area contributed by atoms with Gasteiger partial charge in [-0.1, -0.05) is 32.9 Å². The predicted octanol–water partition coefficient (Wildman–Crippen LogP) is 3.06. The lowest BCUT2D eigenvalue weighted by atomic mass is 9.87. The molecule has 1 unspecified atom stereocenters. The van der Waals surface area contributed by atoms with Crippen LogP contribution in [0.3, 0.4) is 0 Å². The van der Waals surface area contributed by atoms with Crippen molar-refractivity contribution in [2.24, 2.45) is 0 Å². The Morgan fingerprint density at radius 3 is 2.11 bits per heavy atom. The maximum absolute atomic E-state index is 12.1. The minimum Gasteiger partial charge on any atom is -0.223 e. The largest absolute Gasteiger partial charge is 0.223 e. The first-order valence-electron chi connectivity index (χ1n) is 5.91. The molecular formula is C14H19NO2S. The van der Waals surface area contributed by atoms with E-state index in [2.05, 4.69) is 20.8 Å². The second-order valence-corrected chi connectivity index (χ2v) is 7.86. The summed E-state index contributed by atoms with van der Waals surface area (Å²) in [5.74, 6) is 0. The molecule has 1 rings (SSSR count). The fourth-order valence-electron chi connectivity index (χ4n) is 1.62. The number of nitrogens with zero attached hydrogens (tertiary/aromatic N) is 1. The first kappa shape index (κ1) is 14.7. The fourth-order valence-corrected chi connectivity index (χ4v) is 2.89. The number of benzene rings is 1. The number of rotatable bonds is 3. The monoisotopic (exact) mass is 265 g/mol. The van der Waals surface area contributed by atoms with Gasteiger partial charge < -0.3 is 0 Å². The summed E-state index contributed by atoms with van der Waals surface area (Å²) in [6.07, 6.45) is 0.0172. The molecule has 0 aliphatic carbocycles. The highest BCUT2D eigenvalue weighted by atomic mass is 32.2. The molecule has 0 bridgehead atoms. The molecule has 0 amide bonds. The maximum Gasteiger partial charge on any atom is 0.181 e. The Labute approximate surface area is 109 Å². The number of nitriles is 1. The first-order chi connectivity index (χ1) is 8.19. The Balaban J connectivity index is 3.10. The molecule has 0 aliphatic rings. The van der Waals surface area contributed by atoms with Gasteiger partial charge in [0, 0.05) is 0 Å². The van der Waals surface area contributed by atoms with Crippen LogP contribution in [0.4, 0.5) is 0 Å². The molecule has 0 heterocycles. The van der Waals surface area contributed by atoms with E-state index in [4.69, 9.17) is 5.26 Å². The lowest BCUT2D eigenvalue weighted by Gasteiger charge is -2.19. The molecule has 0 saturated carbocycles. The van der Waals surface area contributed by atoms with Gasteiger partial charge >= 0.3 is 0 Å². The molecule has 3 nitrogen and oxygen atoms in total. The molecule has 0 fully saturated rings. The van der Waals surface area contributed by atoms with E-state index < -0.39 is 15.1 Å². The van der Waals surface area contributed by atoms with E-state index in [0.717, 1.165) is 5.56 Å². The summed E-state index contributed by atoms with van der Waals surface area (Å²) in [6.45, 7) is 7.80. The molecule has 18 heavy (non-hydrogen) atoms. The van der Waals surface area contributed by atoms with Crippen molar-refractivity contribution in [3.63, 3.8) is 0 Å². The number of sulfone groups is 1. The summed E-state index contributed by atoms with van der Waals surface area (Å²) in [6, 6.07) is 8.84. The van der Waals surface area contributed by atoms with Crippen molar-refractivity contribution in [1.29, 1.82) is 5.26 Å². The van der Waals surface area contributed by atoms with Crippen LogP contribution in [0.1, 0.15) is 39.7 Å². The first-order valence-corrected chi connectivity index (χ1v) is 7.45. The highest BCUT2D eigenvalue weighted by Crippen LogP contribution is 2.25. The van der Waals surface area contributed by atoms with E-state index in [1.54, 1.807) is 19.1 Å². The molecule has 4 heteroatoms. The molecule has 0 aliphatic heterocycles. The Kier molecular flexibility index (Phi) is 4.18. The number of hydrogen-bond acceptors (Lipinski definition) is 3. The third-order valence-electron chi connectivity index (χ3n) is 2.96. The van der Waals surface area contributed by atoms with Crippen LogP contribution in [0.25, 0.3) is 0 Å². The normalized spacial score (nSPS) is 13.9. The summed E-state index contributed by atoms with van der Waals surface area (Å²) < 4.78 is 24.3. The Morgan fingerprint density at radius 1 is 1.22 bits per heavy atom. The van der Waals surface area contributed by atoms with Crippen LogP contribution in [0.2, 0.25) is 0 Å². The van der Waals surface area contributed by atoms with Gasteiger partial charge in [-0.05, 0) is 30.0 Å². The zero-order valence-electron chi connectivity index (χ0n) is 11.3. The summed E-state index contributed by atoms with van der Waals surface area (Å²) in [7, 11) is -3.39. The van der Waals surface area contributed by atoms with Gasteiger partial charge in [0.1, 0.15) is 0 Å². The van der Waals surface area contributed by atoms with Crippen molar-refractivity contribution in [3.05, 3.63) is 29.8 Å². The third kappa shape index (κ3) is 3.11. The Bertz CT molecular complexity index is 545. The second-order valence-electron chi connectivity index (χ2n) is 5.49. The van der Waals surface area contributed by atoms with E-state index >= 15 is 0 Å². The summed E-state index contributed by atoms with van der Waals surface area (Å²) in [4.78, 5) is 0.290. The van der Waals surface area contributed by atoms with Gasteiger partial charge in [0.2, 0.25) is 0 Å². The molecule has 1 atom stereocenters. The van der Waals surface area contributed by atoms with E-state index in [1.807, 2.05) is 18.2 Å². The standard InChI is InChI=1S/C14H19NO2S/c1-11(9-10-15)18(16,17)13-7-5-12(6-8-13)14(2,3)4/h5-8,11H,9H2,1-4H3. The van der Waals surface area contributed by atoms with E-state index in [1.165, 1.54) is 0 Å². The van der Waals surface area contributed by atoms with Crippen molar-refractivity contribution in [2.45, 2.75) is 49.7 Å². The lowest BCUT2D eigenvalue weighted by molar-refractivity contribution is 0.580. The van der Waals surface area contributed by atoms with Crippen LogP contribution in [0, 0.1) is 11.3 Å². The van der Waals surface area contributed by atoms with E-state index in [-0.39, 0.29) is 11.8 Å². The van der Waals surface area contributed by atoms with Crippen LogP contribution >= 0.6 is 0 Å². The van der Waals surface area contributed by atoms with Crippen LogP contribution < -0.4 is 0 Å². The molecule has 0 N–H and O–H groups in total. The topological polar surface area (TPSA) is 57.9 Å². The molecule has 1 aromatic rings. The fraction of sp³-hybridized carbons (Fsp3) is 0.500. The minimum atomic E-state index is -3.39. The van der Waals surface area contributed by atoms with E-state index in [9.17, 15) is 8.42 Å². The van der Waals surface area contributed by atoms with Crippen LogP contribution in [0.15, 0.2) is 29.2 Å². The van der Waals surface area contributed by atoms with Crippen LogP contribution in [-0.4, -0.2) is 13.7 Å². The van der Waals surface area contributed by atoms with Gasteiger partial charge in [-0.25, -0.2) is 8.42 Å². The maximum atomic E-state index is 12.1. The van der Waals surface area contributed by atoms with Gasteiger partial charge in [-0.3, -0.25) is 0 Å². The second kappa shape index (κ2) is 5.11. The van der Waals surface area contributed by atoms with Crippen molar-refractivity contribution >= 4 is 9.84 Å². The molecule has 98 valence electrons. The quantitative estimate of drug-likeness (QED) is 0.844. The average molecular weight is 265 g/mol. The number of hydrogen-bond donors (Lipinski definition) is 0.